The van der Waals surface area contributed by atoms with Crippen LogP contribution >= 0.6 is 0 Å². The SMILES string of the molecule is Cc1[nH]c(C(=O)O)c(C)c1CCCO. The number of aromatic nitrogens is 1. The number of carboxylic acids is 1. The number of carboxylic acid groups (broad SMARTS) is 1. The highest BCUT2D eigenvalue weighted by atomic mass is 16.4. The van der Waals surface area contributed by atoms with Crippen LogP contribution < -0.4 is 0 Å². The number of carbonyl (C=O) groups is 1. The van der Waals surface area contributed by atoms with Crippen LogP contribution in [-0.4, -0.2) is 27.8 Å². The molecule has 3 N–H and O–H groups in total. The Hall–Kier alpha value is -1.29. The molecule has 0 aromatic carbocycles. The Morgan fingerprint density at radius 3 is 2.50 bits per heavy atom. The fraction of sp³-hybridized carbons (Fsp3) is 0.500. The lowest BCUT2D eigenvalue weighted by molar-refractivity contribution is 0.0690. The molecule has 0 saturated heterocycles. The smallest absolute Gasteiger partial charge is 0.352 e. The van der Waals surface area contributed by atoms with E-state index >= 15 is 0 Å². The van der Waals surface area contributed by atoms with E-state index in [4.69, 9.17) is 10.2 Å². The van der Waals surface area contributed by atoms with E-state index < -0.39 is 5.97 Å². The maximum absolute atomic E-state index is 10.8. The van der Waals surface area contributed by atoms with Crippen LogP contribution in [-0.2, 0) is 6.42 Å². The minimum absolute atomic E-state index is 0.131. The van der Waals surface area contributed by atoms with Gasteiger partial charge in [-0.25, -0.2) is 4.79 Å². The number of rotatable bonds is 4. The predicted octanol–water partition coefficient (Wildman–Crippen LogP) is 1.25. The fourth-order valence-corrected chi connectivity index (χ4v) is 1.63. The summed E-state index contributed by atoms with van der Waals surface area (Å²) in [6.07, 6.45) is 1.39. The molecule has 0 aliphatic heterocycles. The van der Waals surface area contributed by atoms with Gasteiger partial charge >= 0.3 is 5.97 Å². The van der Waals surface area contributed by atoms with Crippen LogP contribution in [0.15, 0.2) is 0 Å². The molecule has 1 aromatic rings. The first-order valence-electron chi connectivity index (χ1n) is 4.60. The molecule has 4 nitrogen and oxygen atoms in total. The van der Waals surface area contributed by atoms with E-state index in [1.807, 2.05) is 6.92 Å². The van der Waals surface area contributed by atoms with Gasteiger partial charge in [-0.3, -0.25) is 0 Å². The van der Waals surface area contributed by atoms with E-state index in [2.05, 4.69) is 4.98 Å². The van der Waals surface area contributed by atoms with E-state index in [1.165, 1.54) is 0 Å². The van der Waals surface area contributed by atoms with Crippen molar-refractivity contribution in [3.05, 3.63) is 22.5 Å². The molecule has 1 rings (SSSR count). The van der Waals surface area contributed by atoms with Crippen molar-refractivity contribution in [3.63, 3.8) is 0 Å². The van der Waals surface area contributed by atoms with Gasteiger partial charge in [-0.05, 0) is 37.8 Å². The van der Waals surface area contributed by atoms with Gasteiger partial charge in [0, 0.05) is 12.3 Å². The number of aliphatic hydroxyl groups excluding tert-OH is 1. The minimum atomic E-state index is -0.930. The number of aromatic amines is 1. The third-order valence-electron chi connectivity index (χ3n) is 2.39. The van der Waals surface area contributed by atoms with Gasteiger partial charge in [-0.1, -0.05) is 0 Å². The lowest BCUT2D eigenvalue weighted by Gasteiger charge is -1.99. The minimum Gasteiger partial charge on any atom is -0.477 e. The van der Waals surface area contributed by atoms with E-state index in [1.54, 1.807) is 6.92 Å². The molecule has 0 bridgehead atoms. The van der Waals surface area contributed by atoms with Gasteiger partial charge in [0.05, 0.1) is 0 Å². The second-order valence-electron chi connectivity index (χ2n) is 3.36. The largest absolute Gasteiger partial charge is 0.477 e. The average molecular weight is 197 g/mol. The van der Waals surface area contributed by atoms with Crippen LogP contribution in [0.3, 0.4) is 0 Å². The molecule has 0 aliphatic carbocycles. The van der Waals surface area contributed by atoms with Crippen molar-refractivity contribution in [3.8, 4) is 0 Å². The Balaban J connectivity index is 2.99. The van der Waals surface area contributed by atoms with Gasteiger partial charge in [0.2, 0.25) is 0 Å². The number of nitrogens with one attached hydrogen (secondary N) is 1. The summed E-state index contributed by atoms with van der Waals surface area (Å²) in [5.41, 5.74) is 2.93. The van der Waals surface area contributed by atoms with Crippen molar-refractivity contribution in [1.29, 1.82) is 0 Å². The third-order valence-corrected chi connectivity index (χ3v) is 2.39. The maximum Gasteiger partial charge on any atom is 0.352 e. The lowest BCUT2D eigenvalue weighted by Crippen LogP contribution is -1.99. The van der Waals surface area contributed by atoms with Crippen LogP contribution in [0.1, 0.15) is 33.7 Å². The quantitative estimate of drug-likeness (QED) is 0.680. The van der Waals surface area contributed by atoms with Gasteiger partial charge in [-0.2, -0.15) is 0 Å². The summed E-state index contributed by atoms with van der Waals surface area (Å²) in [6.45, 7) is 3.78. The first-order chi connectivity index (χ1) is 6.57. The highest BCUT2D eigenvalue weighted by molar-refractivity contribution is 5.88. The fourth-order valence-electron chi connectivity index (χ4n) is 1.63. The van der Waals surface area contributed by atoms with E-state index in [0.29, 0.717) is 6.42 Å². The summed E-state index contributed by atoms with van der Waals surface area (Å²) >= 11 is 0. The van der Waals surface area contributed by atoms with Gasteiger partial charge in [0.1, 0.15) is 5.69 Å². The predicted molar refractivity (Wildman–Crippen MR) is 52.6 cm³/mol. The molecule has 1 aromatic heterocycles. The number of aryl methyl sites for hydroxylation is 1. The number of hydrogen-bond acceptors (Lipinski definition) is 2. The van der Waals surface area contributed by atoms with Crippen LogP contribution in [0, 0.1) is 13.8 Å². The summed E-state index contributed by atoms with van der Waals surface area (Å²) < 4.78 is 0. The van der Waals surface area contributed by atoms with Crippen molar-refractivity contribution in [1.82, 2.24) is 4.98 Å². The molecule has 78 valence electrons. The highest BCUT2D eigenvalue weighted by Gasteiger charge is 2.15. The Bertz CT molecular complexity index is 341. The van der Waals surface area contributed by atoms with Crippen LogP contribution in [0.2, 0.25) is 0 Å². The number of aromatic carboxylic acids is 1. The van der Waals surface area contributed by atoms with Crippen molar-refractivity contribution >= 4 is 5.97 Å². The van der Waals surface area contributed by atoms with Gasteiger partial charge in [-0.15, -0.1) is 0 Å². The summed E-state index contributed by atoms with van der Waals surface area (Å²) in [6, 6.07) is 0. The van der Waals surface area contributed by atoms with Gasteiger partial charge < -0.3 is 15.2 Å². The van der Waals surface area contributed by atoms with Gasteiger partial charge in [0.25, 0.3) is 0 Å². The van der Waals surface area contributed by atoms with Crippen molar-refractivity contribution in [2.75, 3.05) is 6.61 Å². The van der Waals surface area contributed by atoms with Crippen molar-refractivity contribution < 1.29 is 15.0 Å². The zero-order valence-corrected chi connectivity index (χ0v) is 8.42. The number of hydrogen-bond donors (Lipinski definition) is 3. The first kappa shape index (κ1) is 10.8. The molecule has 0 saturated carbocycles. The summed E-state index contributed by atoms with van der Waals surface area (Å²) in [7, 11) is 0. The second kappa shape index (κ2) is 4.28. The molecule has 0 amide bonds. The Morgan fingerprint density at radius 1 is 1.43 bits per heavy atom. The van der Waals surface area contributed by atoms with Crippen LogP contribution in [0.4, 0.5) is 0 Å². The Labute approximate surface area is 82.6 Å². The zero-order chi connectivity index (χ0) is 10.7. The molecular formula is C10H15NO3. The molecule has 14 heavy (non-hydrogen) atoms. The van der Waals surface area contributed by atoms with E-state index in [9.17, 15) is 4.79 Å². The molecule has 0 radical (unpaired) electrons. The molecule has 0 spiro atoms. The maximum atomic E-state index is 10.8. The molecule has 0 unspecified atom stereocenters. The van der Waals surface area contributed by atoms with E-state index in [0.717, 1.165) is 23.2 Å². The molecule has 0 fully saturated rings. The van der Waals surface area contributed by atoms with Gasteiger partial charge in [0.15, 0.2) is 0 Å². The topological polar surface area (TPSA) is 73.3 Å². The molecule has 1 heterocycles. The van der Waals surface area contributed by atoms with Crippen LogP contribution in [0.25, 0.3) is 0 Å². The zero-order valence-electron chi connectivity index (χ0n) is 8.42. The third kappa shape index (κ3) is 1.96. The highest BCUT2D eigenvalue weighted by Crippen LogP contribution is 2.19. The summed E-state index contributed by atoms with van der Waals surface area (Å²) in [5, 5.41) is 17.5. The average Bonchev–Trinajstić information content (AvgIpc) is 2.40. The molecule has 4 heteroatoms. The lowest BCUT2D eigenvalue weighted by atomic mass is 10.1. The van der Waals surface area contributed by atoms with Crippen molar-refractivity contribution in [2.24, 2.45) is 0 Å². The van der Waals surface area contributed by atoms with Crippen molar-refractivity contribution in [2.45, 2.75) is 26.7 Å². The van der Waals surface area contributed by atoms with Crippen LogP contribution in [0.5, 0.6) is 0 Å². The molecule has 0 aliphatic rings. The molecular weight excluding hydrogens is 182 g/mol. The summed E-state index contributed by atoms with van der Waals surface area (Å²) in [4.78, 5) is 13.6. The van der Waals surface area contributed by atoms with E-state index in [-0.39, 0.29) is 12.3 Å². The normalized spacial score (nSPS) is 10.5. The monoisotopic (exact) mass is 197 g/mol. The number of aliphatic hydroxyl groups is 1. The summed E-state index contributed by atoms with van der Waals surface area (Å²) in [5.74, 6) is -0.930. The Morgan fingerprint density at radius 2 is 2.07 bits per heavy atom. The molecule has 0 atom stereocenters. The Kier molecular flexibility index (Phi) is 3.30. The first-order valence-corrected chi connectivity index (χ1v) is 4.60. The second-order valence-corrected chi connectivity index (χ2v) is 3.36. The number of H-pyrrole nitrogens is 1. The standard InChI is InChI=1S/C10H15NO3/c1-6-8(4-3-5-12)7(2)11-9(6)10(13)14/h11-12H,3-5H2,1-2H3,(H,13,14).